The lowest BCUT2D eigenvalue weighted by atomic mass is 9.98. The van der Waals surface area contributed by atoms with E-state index in [0.29, 0.717) is 12.2 Å². The first-order chi connectivity index (χ1) is 6.49. The smallest absolute Gasteiger partial charge is 0.334 e. The van der Waals surface area contributed by atoms with E-state index in [-0.39, 0.29) is 11.4 Å². The Bertz CT molecular complexity index is 307. The molecular weight excluding hydrogens is 176 g/mol. The van der Waals surface area contributed by atoms with Gasteiger partial charge < -0.3 is 4.74 Å². The largest absolute Gasteiger partial charge is 0.462 e. The van der Waals surface area contributed by atoms with Gasteiger partial charge in [0.15, 0.2) is 0 Å². The number of esters is 1. The van der Waals surface area contributed by atoms with Crippen LogP contribution in [0.15, 0.2) is 11.6 Å². The molecule has 1 saturated heterocycles. The molecule has 0 N–H and O–H groups in total. The first-order valence-electron chi connectivity index (χ1n) is 4.88. The van der Waals surface area contributed by atoms with Gasteiger partial charge in [-0.1, -0.05) is 11.8 Å². The van der Waals surface area contributed by atoms with Crippen molar-refractivity contribution in [2.45, 2.75) is 33.6 Å². The van der Waals surface area contributed by atoms with Crippen molar-refractivity contribution in [3.63, 3.8) is 0 Å². The summed E-state index contributed by atoms with van der Waals surface area (Å²) in [6.45, 7) is 6.66. The fraction of sp³-hybridized carbons (Fsp3) is 0.583. The molecule has 0 aliphatic carbocycles. The second-order valence-electron chi connectivity index (χ2n) is 4.43. The average molecular weight is 192 g/mol. The minimum absolute atomic E-state index is 0.0182. The van der Waals surface area contributed by atoms with E-state index in [1.54, 1.807) is 6.08 Å². The number of rotatable bonds is 0. The monoisotopic (exact) mass is 192 g/mol. The molecule has 2 heteroatoms. The minimum atomic E-state index is -0.209. The number of allylic oxidation sites excluding steroid dienone is 1. The van der Waals surface area contributed by atoms with Crippen LogP contribution in [0.3, 0.4) is 0 Å². The zero-order valence-corrected chi connectivity index (χ0v) is 9.02. The van der Waals surface area contributed by atoms with Crippen LogP contribution < -0.4 is 0 Å². The van der Waals surface area contributed by atoms with Crippen molar-refractivity contribution >= 4 is 5.97 Å². The van der Waals surface area contributed by atoms with E-state index in [1.807, 2.05) is 20.8 Å². The molecule has 0 amide bonds. The van der Waals surface area contributed by atoms with E-state index in [0.717, 1.165) is 12.8 Å². The van der Waals surface area contributed by atoms with Crippen LogP contribution in [0, 0.1) is 17.3 Å². The highest BCUT2D eigenvalue weighted by atomic mass is 16.5. The third kappa shape index (κ3) is 3.66. The summed E-state index contributed by atoms with van der Waals surface area (Å²) in [4.78, 5) is 11.2. The van der Waals surface area contributed by atoms with Crippen LogP contribution in [0.25, 0.3) is 0 Å². The standard InChI is InChI=1S/C12H16O2/c1-12(2,3)8-4-6-10-7-5-9-14-11(10)13/h6H,5,7,9H2,1-3H3/b10-6+. The first-order valence-corrected chi connectivity index (χ1v) is 4.88. The van der Waals surface area contributed by atoms with Crippen molar-refractivity contribution in [2.24, 2.45) is 5.41 Å². The Morgan fingerprint density at radius 3 is 2.71 bits per heavy atom. The number of hydrogen-bond donors (Lipinski definition) is 0. The van der Waals surface area contributed by atoms with Gasteiger partial charge in [0.25, 0.3) is 0 Å². The zero-order chi connectivity index (χ0) is 10.6. The van der Waals surface area contributed by atoms with Gasteiger partial charge in [-0.15, -0.1) is 0 Å². The number of hydrogen-bond acceptors (Lipinski definition) is 2. The van der Waals surface area contributed by atoms with Crippen LogP contribution in [-0.2, 0) is 9.53 Å². The van der Waals surface area contributed by atoms with E-state index < -0.39 is 0 Å². The second-order valence-corrected chi connectivity index (χ2v) is 4.43. The molecule has 0 saturated carbocycles. The fourth-order valence-electron chi connectivity index (χ4n) is 1.09. The fourth-order valence-corrected chi connectivity index (χ4v) is 1.09. The molecule has 0 spiro atoms. The normalized spacial score (nSPS) is 19.9. The predicted octanol–water partition coefficient (Wildman–Crippen LogP) is 2.30. The molecule has 0 aromatic carbocycles. The molecular formula is C12H16O2. The van der Waals surface area contributed by atoms with Crippen LogP contribution >= 0.6 is 0 Å². The SMILES string of the molecule is CC(C)(C)C#C/C=C1\CCCOC1=O. The molecule has 1 fully saturated rings. The molecule has 1 aliphatic rings. The van der Waals surface area contributed by atoms with E-state index in [2.05, 4.69) is 11.8 Å². The maximum absolute atomic E-state index is 11.2. The van der Waals surface area contributed by atoms with Gasteiger partial charge in [-0.2, -0.15) is 0 Å². The summed E-state index contributed by atoms with van der Waals surface area (Å²) < 4.78 is 4.90. The van der Waals surface area contributed by atoms with E-state index >= 15 is 0 Å². The second kappa shape index (κ2) is 4.32. The lowest BCUT2D eigenvalue weighted by molar-refractivity contribution is -0.141. The van der Waals surface area contributed by atoms with E-state index in [9.17, 15) is 4.79 Å². The summed E-state index contributed by atoms with van der Waals surface area (Å²) in [6.07, 6.45) is 3.39. The molecule has 1 rings (SSSR count). The van der Waals surface area contributed by atoms with Gasteiger partial charge in [0, 0.05) is 11.0 Å². The molecule has 0 aromatic rings. The highest BCUT2D eigenvalue weighted by Crippen LogP contribution is 2.14. The summed E-state index contributed by atoms with van der Waals surface area (Å²) >= 11 is 0. The summed E-state index contributed by atoms with van der Waals surface area (Å²) in [7, 11) is 0. The number of carbonyl (C=O) groups is 1. The van der Waals surface area contributed by atoms with Crippen molar-refractivity contribution in [1.82, 2.24) is 0 Å². The Morgan fingerprint density at radius 1 is 1.43 bits per heavy atom. The molecule has 0 aromatic heterocycles. The molecule has 0 unspecified atom stereocenters. The third-order valence-corrected chi connectivity index (χ3v) is 1.78. The molecule has 2 nitrogen and oxygen atoms in total. The molecule has 76 valence electrons. The van der Waals surface area contributed by atoms with Crippen LogP contribution in [0.2, 0.25) is 0 Å². The Labute approximate surface area is 85.3 Å². The molecule has 0 radical (unpaired) electrons. The maximum atomic E-state index is 11.2. The Hall–Kier alpha value is -1.23. The van der Waals surface area contributed by atoms with Crippen molar-refractivity contribution in [3.05, 3.63) is 11.6 Å². The summed E-state index contributed by atoms with van der Waals surface area (Å²) in [5, 5.41) is 0. The molecule has 1 aliphatic heterocycles. The molecule has 0 bridgehead atoms. The van der Waals surface area contributed by atoms with Crippen LogP contribution in [0.5, 0.6) is 0 Å². The van der Waals surface area contributed by atoms with Crippen LogP contribution in [0.4, 0.5) is 0 Å². The first kappa shape index (κ1) is 10.8. The van der Waals surface area contributed by atoms with Crippen LogP contribution in [0.1, 0.15) is 33.6 Å². The summed E-state index contributed by atoms with van der Waals surface area (Å²) in [5.41, 5.74) is 0.684. The van der Waals surface area contributed by atoms with Crippen molar-refractivity contribution in [3.8, 4) is 11.8 Å². The lowest BCUT2D eigenvalue weighted by Crippen LogP contribution is -2.15. The van der Waals surface area contributed by atoms with Gasteiger partial charge in [0.05, 0.1) is 6.61 Å². The molecule has 1 heterocycles. The van der Waals surface area contributed by atoms with Crippen molar-refractivity contribution in [2.75, 3.05) is 6.61 Å². The maximum Gasteiger partial charge on any atom is 0.334 e. The van der Waals surface area contributed by atoms with Gasteiger partial charge >= 0.3 is 5.97 Å². The topological polar surface area (TPSA) is 26.3 Å². The highest BCUT2D eigenvalue weighted by Gasteiger charge is 2.15. The Morgan fingerprint density at radius 2 is 2.14 bits per heavy atom. The molecule has 14 heavy (non-hydrogen) atoms. The van der Waals surface area contributed by atoms with E-state index in [4.69, 9.17) is 4.74 Å². The van der Waals surface area contributed by atoms with Gasteiger partial charge in [-0.05, 0) is 39.7 Å². The predicted molar refractivity (Wildman–Crippen MR) is 55.5 cm³/mol. The third-order valence-electron chi connectivity index (χ3n) is 1.78. The molecule has 0 atom stereocenters. The minimum Gasteiger partial charge on any atom is -0.462 e. The van der Waals surface area contributed by atoms with E-state index in [1.165, 1.54) is 0 Å². The van der Waals surface area contributed by atoms with Crippen LogP contribution in [-0.4, -0.2) is 12.6 Å². The van der Waals surface area contributed by atoms with Crippen molar-refractivity contribution in [1.29, 1.82) is 0 Å². The average Bonchev–Trinajstić information content (AvgIpc) is 2.06. The summed E-state index contributed by atoms with van der Waals surface area (Å²) in [5.74, 6) is 5.76. The highest BCUT2D eigenvalue weighted by molar-refractivity contribution is 5.89. The van der Waals surface area contributed by atoms with Gasteiger partial charge in [-0.25, -0.2) is 4.79 Å². The Balaban J connectivity index is 2.66. The van der Waals surface area contributed by atoms with Gasteiger partial charge in [0.1, 0.15) is 0 Å². The van der Waals surface area contributed by atoms with Gasteiger partial charge in [0.2, 0.25) is 0 Å². The number of cyclic esters (lactones) is 1. The zero-order valence-electron chi connectivity index (χ0n) is 9.02. The lowest BCUT2D eigenvalue weighted by Gasteiger charge is -2.12. The quantitative estimate of drug-likeness (QED) is 0.334. The number of carbonyl (C=O) groups excluding carboxylic acids is 1. The number of ether oxygens (including phenoxy) is 1. The van der Waals surface area contributed by atoms with Crippen molar-refractivity contribution < 1.29 is 9.53 Å². The summed E-state index contributed by atoms with van der Waals surface area (Å²) in [6, 6.07) is 0. The Kier molecular flexibility index (Phi) is 3.35. The van der Waals surface area contributed by atoms with Gasteiger partial charge in [-0.3, -0.25) is 0 Å².